The molecule has 158 valence electrons. The number of esters is 1. The van der Waals surface area contributed by atoms with Gasteiger partial charge in [0.2, 0.25) is 5.91 Å². The fraction of sp³-hybridized carbons (Fsp3) is 0.316. The zero-order valence-corrected chi connectivity index (χ0v) is 18.3. The van der Waals surface area contributed by atoms with Crippen molar-refractivity contribution >= 4 is 69.9 Å². The first-order valence-electron chi connectivity index (χ1n) is 8.85. The molecule has 1 atom stereocenters. The summed E-state index contributed by atoms with van der Waals surface area (Å²) in [5, 5.41) is 9.20. The third-order valence-electron chi connectivity index (χ3n) is 4.54. The van der Waals surface area contributed by atoms with Gasteiger partial charge in [0, 0.05) is 18.7 Å². The Morgan fingerprint density at radius 1 is 1.30 bits per heavy atom. The minimum Gasteiger partial charge on any atom is -0.480 e. The lowest BCUT2D eigenvalue weighted by Gasteiger charge is -2.22. The number of carboxylic acids is 1. The molecule has 0 aliphatic carbocycles. The molecule has 0 unspecified atom stereocenters. The van der Waals surface area contributed by atoms with Gasteiger partial charge in [-0.15, -0.1) is 11.8 Å². The van der Waals surface area contributed by atoms with E-state index in [0.717, 1.165) is 17.3 Å². The van der Waals surface area contributed by atoms with Crippen molar-refractivity contribution in [3.8, 4) is 0 Å². The van der Waals surface area contributed by atoms with Crippen LogP contribution >= 0.6 is 35.7 Å². The number of amides is 2. The second kappa shape index (κ2) is 9.63. The van der Waals surface area contributed by atoms with Crippen molar-refractivity contribution in [2.45, 2.75) is 12.5 Å². The van der Waals surface area contributed by atoms with Crippen molar-refractivity contribution in [2.75, 3.05) is 25.3 Å². The summed E-state index contributed by atoms with van der Waals surface area (Å²) in [4.78, 5) is 51.0. The summed E-state index contributed by atoms with van der Waals surface area (Å²) in [5.74, 6) is -1.40. The molecule has 30 heavy (non-hydrogen) atoms. The quantitative estimate of drug-likeness (QED) is 0.383. The fourth-order valence-electron chi connectivity index (χ4n) is 2.92. The van der Waals surface area contributed by atoms with E-state index in [0.29, 0.717) is 26.4 Å². The van der Waals surface area contributed by atoms with Gasteiger partial charge >= 0.3 is 11.9 Å². The molecule has 2 saturated heterocycles. The molecule has 2 fully saturated rings. The highest BCUT2D eigenvalue weighted by molar-refractivity contribution is 8.26. The van der Waals surface area contributed by atoms with Gasteiger partial charge in [0.1, 0.15) is 10.4 Å². The second-order valence-corrected chi connectivity index (χ2v) is 9.09. The molecule has 0 radical (unpaired) electrons. The molecule has 0 aromatic heterocycles. The molecular weight excluding hydrogens is 448 g/mol. The van der Waals surface area contributed by atoms with Crippen molar-refractivity contribution in [1.29, 1.82) is 0 Å². The average Bonchev–Trinajstić information content (AvgIpc) is 3.32. The standard InChI is InChI=1S/C19H18N2O6S3/c1-27-18(26)12-4-2-11(3-5-12)8-14-16(23)20(19(28)30-14)7-6-15(22)21-10-29-9-13(21)17(24)25/h2-5,8,13H,6-7,9-10H2,1H3,(H,24,25)/b14-8+/t13-/m1/s1. The number of aliphatic carboxylic acids is 1. The largest absolute Gasteiger partial charge is 0.480 e. The molecule has 0 spiro atoms. The zero-order valence-electron chi connectivity index (χ0n) is 15.9. The van der Waals surface area contributed by atoms with Gasteiger partial charge in [0.25, 0.3) is 5.91 Å². The molecule has 3 rings (SSSR count). The molecule has 0 saturated carbocycles. The van der Waals surface area contributed by atoms with Crippen molar-refractivity contribution in [3.05, 3.63) is 40.3 Å². The average molecular weight is 467 g/mol. The first-order valence-corrected chi connectivity index (χ1v) is 11.2. The van der Waals surface area contributed by atoms with Crippen LogP contribution in [0.3, 0.4) is 0 Å². The fourth-order valence-corrected chi connectivity index (χ4v) is 5.40. The number of thiocarbonyl (C=S) groups is 1. The van der Waals surface area contributed by atoms with Crippen molar-refractivity contribution in [3.63, 3.8) is 0 Å². The summed E-state index contributed by atoms with van der Waals surface area (Å²) in [6.07, 6.45) is 1.66. The van der Waals surface area contributed by atoms with Crippen molar-refractivity contribution < 1.29 is 29.0 Å². The molecule has 8 nitrogen and oxygen atoms in total. The summed E-state index contributed by atoms with van der Waals surface area (Å²) >= 11 is 7.80. The molecule has 1 N–H and O–H groups in total. The Labute approximate surface area is 186 Å². The molecule has 0 bridgehead atoms. The van der Waals surface area contributed by atoms with Crippen molar-refractivity contribution in [2.24, 2.45) is 0 Å². The van der Waals surface area contributed by atoms with Crippen LogP contribution in [0.4, 0.5) is 0 Å². The van der Waals surface area contributed by atoms with Gasteiger partial charge < -0.3 is 14.7 Å². The second-order valence-electron chi connectivity index (χ2n) is 6.41. The Balaban J connectivity index is 1.63. The van der Waals surface area contributed by atoms with E-state index in [4.69, 9.17) is 12.2 Å². The predicted octanol–water partition coefficient (Wildman–Crippen LogP) is 2.05. The van der Waals surface area contributed by atoms with Crippen LogP contribution in [0.5, 0.6) is 0 Å². The number of rotatable bonds is 6. The lowest BCUT2D eigenvalue weighted by Crippen LogP contribution is -2.43. The SMILES string of the molecule is COC(=O)c1ccc(/C=C2/SC(=S)N(CCC(=O)N3CSC[C@@H]3C(=O)O)C2=O)cc1. The number of hydrogen-bond donors (Lipinski definition) is 1. The van der Waals surface area contributed by atoms with Gasteiger partial charge in [-0.25, -0.2) is 9.59 Å². The van der Waals surface area contributed by atoms with Crippen LogP contribution in [-0.2, 0) is 19.1 Å². The van der Waals surface area contributed by atoms with E-state index < -0.39 is 18.0 Å². The molecule has 1 aromatic carbocycles. The van der Waals surface area contributed by atoms with Gasteiger partial charge in [-0.05, 0) is 23.8 Å². The number of carboxylic acid groups (broad SMARTS) is 1. The number of methoxy groups -OCH3 is 1. The summed E-state index contributed by atoms with van der Waals surface area (Å²) in [6, 6.07) is 5.76. The maximum absolute atomic E-state index is 12.7. The molecule has 2 aliphatic rings. The van der Waals surface area contributed by atoms with Crippen LogP contribution in [0.2, 0.25) is 0 Å². The summed E-state index contributed by atoms with van der Waals surface area (Å²) in [7, 11) is 1.30. The Morgan fingerprint density at radius 3 is 2.63 bits per heavy atom. The normalized spacial score (nSPS) is 20.2. The van der Waals surface area contributed by atoms with Gasteiger partial charge in [-0.2, -0.15) is 0 Å². The third kappa shape index (κ3) is 4.85. The lowest BCUT2D eigenvalue weighted by molar-refractivity contribution is -0.147. The topological polar surface area (TPSA) is 104 Å². The Kier molecular flexibility index (Phi) is 7.16. The minimum absolute atomic E-state index is 0.00210. The summed E-state index contributed by atoms with van der Waals surface area (Å²) in [6.45, 7) is 0.0929. The van der Waals surface area contributed by atoms with E-state index in [1.807, 2.05) is 0 Å². The molecular formula is C19H18N2O6S3. The van der Waals surface area contributed by atoms with Gasteiger partial charge in [0.05, 0.1) is 23.5 Å². The third-order valence-corrected chi connectivity index (χ3v) is 6.93. The number of benzene rings is 1. The first-order chi connectivity index (χ1) is 14.3. The number of thioether (sulfide) groups is 2. The smallest absolute Gasteiger partial charge is 0.337 e. The molecule has 11 heteroatoms. The van der Waals surface area contributed by atoms with Crippen LogP contribution in [0.15, 0.2) is 29.2 Å². The van der Waals surface area contributed by atoms with Gasteiger partial charge in [0.15, 0.2) is 0 Å². The summed E-state index contributed by atoms with van der Waals surface area (Å²) < 4.78 is 5.00. The van der Waals surface area contributed by atoms with E-state index in [1.165, 1.54) is 28.7 Å². The maximum atomic E-state index is 12.7. The van der Waals surface area contributed by atoms with E-state index >= 15 is 0 Å². The number of nitrogens with zero attached hydrogens (tertiary/aromatic N) is 2. The highest BCUT2D eigenvalue weighted by atomic mass is 32.2. The number of ether oxygens (including phenoxy) is 1. The van der Waals surface area contributed by atoms with E-state index in [1.54, 1.807) is 30.3 Å². The van der Waals surface area contributed by atoms with E-state index in [9.17, 15) is 24.3 Å². The van der Waals surface area contributed by atoms with E-state index in [2.05, 4.69) is 4.74 Å². The summed E-state index contributed by atoms with van der Waals surface area (Å²) in [5.41, 5.74) is 1.12. The maximum Gasteiger partial charge on any atom is 0.337 e. The highest BCUT2D eigenvalue weighted by Gasteiger charge is 2.36. The van der Waals surface area contributed by atoms with Crippen LogP contribution in [-0.4, -0.2) is 74.3 Å². The van der Waals surface area contributed by atoms with Crippen LogP contribution < -0.4 is 0 Å². The Bertz CT molecular complexity index is 931. The molecule has 2 amide bonds. The Hall–Kier alpha value is -2.37. The van der Waals surface area contributed by atoms with E-state index in [-0.39, 0.29) is 24.8 Å². The van der Waals surface area contributed by atoms with Gasteiger partial charge in [-0.3, -0.25) is 14.5 Å². The highest BCUT2D eigenvalue weighted by Crippen LogP contribution is 2.33. The molecule has 1 aromatic rings. The van der Waals surface area contributed by atoms with Crippen LogP contribution in [0.1, 0.15) is 22.3 Å². The molecule has 2 aliphatic heterocycles. The number of carbonyl (C=O) groups is 4. The first kappa shape index (κ1) is 22.3. The molecule has 2 heterocycles. The van der Waals surface area contributed by atoms with Crippen LogP contribution in [0.25, 0.3) is 6.08 Å². The number of carbonyl (C=O) groups excluding carboxylic acids is 3. The number of hydrogen-bond acceptors (Lipinski definition) is 8. The minimum atomic E-state index is -1.03. The predicted molar refractivity (Wildman–Crippen MR) is 118 cm³/mol. The van der Waals surface area contributed by atoms with Crippen LogP contribution in [0, 0.1) is 0 Å². The zero-order chi connectivity index (χ0) is 21.8. The van der Waals surface area contributed by atoms with Crippen molar-refractivity contribution in [1.82, 2.24) is 9.80 Å². The van der Waals surface area contributed by atoms with Gasteiger partial charge in [-0.1, -0.05) is 36.1 Å². The monoisotopic (exact) mass is 466 g/mol. The lowest BCUT2D eigenvalue weighted by atomic mass is 10.1. The Morgan fingerprint density at radius 2 is 2.00 bits per heavy atom.